The Morgan fingerprint density at radius 1 is 1.17 bits per heavy atom. The second kappa shape index (κ2) is 8.33. The van der Waals surface area contributed by atoms with E-state index in [2.05, 4.69) is 23.3 Å². The van der Waals surface area contributed by atoms with Crippen LogP contribution in [0.15, 0.2) is 24.3 Å². The van der Waals surface area contributed by atoms with Gasteiger partial charge in [-0.1, -0.05) is 45.2 Å². The van der Waals surface area contributed by atoms with E-state index in [4.69, 9.17) is 10.00 Å². The smallest absolute Gasteiger partial charge is 0.186 e. The van der Waals surface area contributed by atoms with Crippen molar-refractivity contribution in [2.75, 3.05) is 6.61 Å². The molecule has 0 unspecified atom stereocenters. The quantitative estimate of drug-likeness (QED) is 0.685. The summed E-state index contributed by atoms with van der Waals surface area (Å²) in [5.74, 6) is 1.03. The topological polar surface area (TPSA) is 63.7 Å². The van der Waals surface area contributed by atoms with Crippen LogP contribution in [0.1, 0.15) is 63.8 Å². The largest absolute Gasteiger partial charge is 0.494 e. The maximum absolute atomic E-state index is 9.14. The molecule has 122 valence electrons. The van der Waals surface area contributed by atoms with Gasteiger partial charge in [0.25, 0.3) is 0 Å². The molecule has 0 aliphatic rings. The van der Waals surface area contributed by atoms with Crippen molar-refractivity contribution in [1.82, 2.24) is 15.0 Å². The number of aromatic nitrogens is 3. The molecule has 0 bridgehead atoms. The summed E-state index contributed by atoms with van der Waals surface area (Å²) in [5, 5.41) is 17.2. The van der Waals surface area contributed by atoms with Gasteiger partial charge in [-0.2, -0.15) is 5.26 Å². The van der Waals surface area contributed by atoms with Crippen molar-refractivity contribution in [3.63, 3.8) is 0 Å². The fourth-order valence-corrected chi connectivity index (χ4v) is 2.48. The molecule has 5 heteroatoms. The summed E-state index contributed by atoms with van der Waals surface area (Å²) >= 11 is 0. The summed E-state index contributed by atoms with van der Waals surface area (Å²) in [4.78, 5) is 0. The maximum Gasteiger partial charge on any atom is 0.186 e. The SMILES string of the molecule is CCCCCCOc1ccc(-n2nnc(C#N)c2C(C)C)cc1. The summed E-state index contributed by atoms with van der Waals surface area (Å²) in [6.45, 7) is 7.01. The summed E-state index contributed by atoms with van der Waals surface area (Å²) in [7, 11) is 0. The molecule has 0 N–H and O–H groups in total. The van der Waals surface area contributed by atoms with Crippen molar-refractivity contribution in [3.8, 4) is 17.5 Å². The number of nitriles is 1. The van der Waals surface area contributed by atoms with Gasteiger partial charge < -0.3 is 4.74 Å². The van der Waals surface area contributed by atoms with E-state index in [-0.39, 0.29) is 5.92 Å². The molecule has 0 radical (unpaired) electrons. The Kier molecular flexibility index (Phi) is 6.16. The van der Waals surface area contributed by atoms with E-state index in [0.29, 0.717) is 5.69 Å². The van der Waals surface area contributed by atoms with Gasteiger partial charge in [-0.25, -0.2) is 4.68 Å². The second-order valence-corrected chi connectivity index (χ2v) is 5.90. The molecule has 0 aliphatic heterocycles. The van der Waals surface area contributed by atoms with Gasteiger partial charge >= 0.3 is 0 Å². The van der Waals surface area contributed by atoms with E-state index in [1.54, 1.807) is 4.68 Å². The van der Waals surface area contributed by atoms with Gasteiger partial charge in [0.15, 0.2) is 5.69 Å². The van der Waals surface area contributed by atoms with Crippen LogP contribution in [-0.4, -0.2) is 21.6 Å². The van der Waals surface area contributed by atoms with Gasteiger partial charge in [-0.15, -0.1) is 5.10 Å². The normalized spacial score (nSPS) is 10.7. The second-order valence-electron chi connectivity index (χ2n) is 5.90. The molecular formula is C18H24N4O. The van der Waals surface area contributed by atoms with E-state index in [0.717, 1.165) is 30.2 Å². The molecule has 1 heterocycles. The Hall–Kier alpha value is -2.35. The maximum atomic E-state index is 9.14. The number of hydrogen-bond donors (Lipinski definition) is 0. The molecule has 0 fully saturated rings. The minimum absolute atomic E-state index is 0.175. The summed E-state index contributed by atoms with van der Waals surface area (Å²) in [6.07, 6.45) is 4.78. The molecule has 0 spiro atoms. The molecular weight excluding hydrogens is 288 g/mol. The lowest BCUT2D eigenvalue weighted by Crippen LogP contribution is -2.05. The molecule has 0 atom stereocenters. The Morgan fingerprint density at radius 3 is 2.52 bits per heavy atom. The predicted molar refractivity (Wildman–Crippen MR) is 89.8 cm³/mol. The van der Waals surface area contributed by atoms with Crippen LogP contribution >= 0.6 is 0 Å². The monoisotopic (exact) mass is 312 g/mol. The summed E-state index contributed by atoms with van der Waals surface area (Å²) in [6, 6.07) is 9.87. The lowest BCUT2D eigenvalue weighted by atomic mass is 10.1. The first-order valence-electron chi connectivity index (χ1n) is 8.26. The Bertz CT molecular complexity index is 653. The lowest BCUT2D eigenvalue weighted by molar-refractivity contribution is 0.305. The Morgan fingerprint density at radius 2 is 1.91 bits per heavy atom. The Balaban J connectivity index is 2.06. The minimum Gasteiger partial charge on any atom is -0.494 e. The standard InChI is InChI=1S/C18H24N4O/c1-4-5-6-7-12-23-16-10-8-15(9-11-16)22-18(14(2)3)17(13-19)20-21-22/h8-11,14H,4-7,12H2,1-3H3. The molecule has 0 amide bonds. The Labute approximate surface area is 137 Å². The number of hydrogen-bond acceptors (Lipinski definition) is 4. The average Bonchev–Trinajstić information content (AvgIpc) is 2.99. The number of unbranched alkanes of at least 4 members (excludes halogenated alkanes) is 3. The van der Waals surface area contributed by atoms with Gasteiger partial charge in [0.05, 0.1) is 18.0 Å². The van der Waals surface area contributed by atoms with Gasteiger partial charge in [-0.3, -0.25) is 0 Å². The predicted octanol–water partition coefficient (Wildman–Crippen LogP) is 4.22. The fourth-order valence-electron chi connectivity index (χ4n) is 2.48. The van der Waals surface area contributed by atoms with E-state index in [9.17, 15) is 0 Å². The number of rotatable bonds is 8. The van der Waals surface area contributed by atoms with Gasteiger partial charge in [0.1, 0.15) is 11.8 Å². The van der Waals surface area contributed by atoms with E-state index < -0.39 is 0 Å². The van der Waals surface area contributed by atoms with Crippen LogP contribution in [0, 0.1) is 11.3 Å². The highest BCUT2D eigenvalue weighted by Crippen LogP contribution is 2.22. The van der Waals surface area contributed by atoms with Crippen molar-refractivity contribution in [1.29, 1.82) is 5.26 Å². The van der Waals surface area contributed by atoms with Crippen LogP contribution < -0.4 is 4.74 Å². The molecule has 2 aromatic rings. The van der Waals surface area contributed by atoms with Crippen LogP contribution in [0.5, 0.6) is 5.75 Å². The van der Waals surface area contributed by atoms with Crippen molar-refractivity contribution in [2.45, 2.75) is 52.4 Å². The minimum atomic E-state index is 0.175. The van der Waals surface area contributed by atoms with Crippen molar-refractivity contribution in [3.05, 3.63) is 35.7 Å². The molecule has 5 nitrogen and oxygen atoms in total. The van der Waals surface area contributed by atoms with Crippen molar-refractivity contribution < 1.29 is 4.74 Å². The third kappa shape index (κ3) is 4.32. The molecule has 1 aromatic carbocycles. The fraction of sp³-hybridized carbons (Fsp3) is 0.500. The van der Waals surface area contributed by atoms with Gasteiger partial charge in [0, 0.05) is 0 Å². The highest BCUT2D eigenvalue weighted by molar-refractivity contribution is 5.40. The van der Waals surface area contributed by atoms with E-state index >= 15 is 0 Å². The first-order valence-corrected chi connectivity index (χ1v) is 8.26. The van der Waals surface area contributed by atoms with Crippen LogP contribution in [0.4, 0.5) is 0 Å². The zero-order chi connectivity index (χ0) is 16.7. The molecule has 1 aromatic heterocycles. The van der Waals surface area contributed by atoms with Gasteiger partial charge in [0.2, 0.25) is 0 Å². The summed E-state index contributed by atoms with van der Waals surface area (Å²) < 4.78 is 7.48. The van der Waals surface area contributed by atoms with Crippen LogP contribution in [0.25, 0.3) is 5.69 Å². The van der Waals surface area contributed by atoms with Crippen molar-refractivity contribution in [2.24, 2.45) is 0 Å². The molecule has 23 heavy (non-hydrogen) atoms. The first kappa shape index (κ1) is 17.0. The zero-order valence-corrected chi connectivity index (χ0v) is 14.1. The molecule has 0 saturated carbocycles. The van der Waals surface area contributed by atoms with Gasteiger partial charge in [-0.05, 0) is 36.6 Å². The van der Waals surface area contributed by atoms with E-state index in [1.165, 1.54) is 19.3 Å². The number of benzene rings is 1. The third-order valence-electron chi connectivity index (χ3n) is 3.71. The van der Waals surface area contributed by atoms with Crippen LogP contribution in [0.2, 0.25) is 0 Å². The number of ether oxygens (including phenoxy) is 1. The molecule has 2 rings (SSSR count). The molecule has 0 saturated heterocycles. The van der Waals surface area contributed by atoms with Crippen LogP contribution in [0.3, 0.4) is 0 Å². The van der Waals surface area contributed by atoms with Crippen LogP contribution in [-0.2, 0) is 0 Å². The average molecular weight is 312 g/mol. The number of nitrogens with zero attached hydrogens (tertiary/aromatic N) is 4. The summed E-state index contributed by atoms with van der Waals surface area (Å²) in [5.41, 5.74) is 2.11. The van der Waals surface area contributed by atoms with E-state index in [1.807, 2.05) is 38.1 Å². The third-order valence-corrected chi connectivity index (χ3v) is 3.71. The molecule has 0 aliphatic carbocycles. The highest BCUT2D eigenvalue weighted by atomic mass is 16.5. The van der Waals surface area contributed by atoms with Crippen molar-refractivity contribution >= 4 is 0 Å². The first-order chi connectivity index (χ1) is 11.2. The highest BCUT2D eigenvalue weighted by Gasteiger charge is 2.17. The lowest BCUT2D eigenvalue weighted by Gasteiger charge is -2.10. The zero-order valence-electron chi connectivity index (χ0n) is 14.1.